The molecule has 0 aliphatic carbocycles. The van der Waals surface area contributed by atoms with E-state index in [9.17, 15) is 4.79 Å². The minimum Gasteiger partial charge on any atom is -0.378 e. The summed E-state index contributed by atoms with van der Waals surface area (Å²) in [5.74, 6) is 0.363. The van der Waals surface area contributed by atoms with Gasteiger partial charge >= 0.3 is 0 Å². The molecule has 0 bridgehead atoms. The van der Waals surface area contributed by atoms with Crippen molar-refractivity contribution in [2.24, 2.45) is 0 Å². The number of aromatic nitrogens is 4. The molecule has 1 amide bonds. The van der Waals surface area contributed by atoms with Gasteiger partial charge in [-0.05, 0) is 40.9 Å². The van der Waals surface area contributed by atoms with Gasteiger partial charge < -0.3 is 10.2 Å². The maximum Gasteiger partial charge on any atom is 0.243 e. The molecule has 0 fully saturated rings. The highest BCUT2D eigenvalue weighted by Gasteiger charge is 2.09. The summed E-state index contributed by atoms with van der Waals surface area (Å²) < 4.78 is 0. The Balaban J connectivity index is 1.59. The van der Waals surface area contributed by atoms with Crippen LogP contribution in [0.2, 0.25) is 0 Å². The summed E-state index contributed by atoms with van der Waals surface area (Å²) in [6.45, 7) is 0.568. The number of hydrogen-bond acceptors (Lipinski definition) is 6. The Morgan fingerprint density at radius 3 is 2.71 bits per heavy atom. The number of tetrazole rings is 1. The van der Waals surface area contributed by atoms with Gasteiger partial charge in [-0.2, -0.15) is 4.80 Å². The predicted octanol–water partition coefficient (Wildman–Crippen LogP) is 1.78. The average Bonchev–Trinajstić information content (AvgIpc) is 3.25. The van der Waals surface area contributed by atoms with Crippen molar-refractivity contribution < 1.29 is 4.79 Å². The zero-order valence-corrected chi connectivity index (χ0v) is 14.3. The van der Waals surface area contributed by atoms with E-state index in [1.807, 2.05) is 60.8 Å². The van der Waals surface area contributed by atoms with Gasteiger partial charge in [-0.1, -0.05) is 6.07 Å². The lowest BCUT2D eigenvalue weighted by Crippen LogP contribution is -2.27. The highest BCUT2D eigenvalue weighted by atomic mass is 32.1. The van der Waals surface area contributed by atoms with Crippen LogP contribution in [0.3, 0.4) is 0 Å². The summed E-state index contributed by atoms with van der Waals surface area (Å²) in [5, 5.41) is 17.0. The average molecular weight is 342 g/mol. The maximum absolute atomic E-state index is 11.9. The zero-order valence-electron chi connectivity index (χ0n) is 13.5. The number of hydrogen-bond donors (Lipinski definition) is 1. The molecular formula is C16H18N6OS. The van der Waals surface area contributed by atoms with Gasteiger partial charge in [0.1, 0.15) is 6.54 Å². The molecule has 0 spiro atoms. The van der Waals surface area contributed by atoms with Crippen LogP contribution in [0.15, 0.2) is 41.8 Å². The van der Waals surface area contributed by atoms with E-state index in [0.717, 1.165) is 16.1 Å². The summed E-state index contributed by atoms with van der Waals surface area (Å²) >= 11 is 1.61. The van der Waals surface area contributed by atoms with Gasteiger partial charge in [-0.3, -0.25) is 4.79 Å². The van der Waals surface area contributed by atoms with E-state index in [-0.39, 0.29) is 12.5 Å². The first kappa shape index (κ1) is 16.1. The fraction of sp³-hybridized carbons (Fsp3) is 0.250. The van der Waals surface area contributed by atoms with Crippen molar-refractivity contribution in [2.75, 3.05) is 19.0 Å². The molecule has 0 aliphatic rings. The first-order valence-electron chi connectivity index (χ1n) is 7.46. The molecule has 0 saturated carbocycles. The van der Waals surface area contributed by atoms with Gasteiger partial charge in [0, 0.05) is 30.2 Å². The van der Waals surface area contributed by atoms with Crippen molar-refractivity contribution in [1.29, 1.82) is 0 Å². The van der Waals surface area contributed by atoms with E-state index in [2.05, 4.69) is 20.7 Å². The smallest absolute Gasteiger partial charge is 0.243 e. The van der Waals surface area contributed by atoms with E-state index in [4.69, 9.17) is 0 Å². The second-order valence-electron chi connectivity index (χ2n) is 5.44. The molecule has 1 aromatic carbocycles. The van der Waals surface area contributed by atoms with Gasteiger partial charge in [-0.15, -0.1) is 21.5 Å². The fourth-order valence-corrected chi connectivity index (χ4v) is 2.76. The van der Waals surface area contributed by atoms with E-state index in [1.54, 1.807) is 11.3 Å². The Morgan fingerprint density at radius 1 is 1.25 bits per heavy atom. The van der Waals surface area contributed by atoms with Crippen molar-refractivity contribution in [3.8, 4) is 11.4 Å². The molecule has 0 unspecified atom stereocenters. The van der Waals surface area contributed by atoms with Gasteiger partial charge in [0.05, 0.1) is 6.54 Å². The molecule has 124 valence electrons. The first-order chi connectivity index (χ1) is 11.6. The summed E-state index contributed by atoms with van der Waals surface area (Å²) in [4.78, 5) is 16.4. The van der Waals surface area contributed by atoms with Crippen LogP contribution in [0.25, 0.3) is 11.4 Å². The van der Waals surface area contributed by atoms with Gasteiger partial charge in [0.15, 0.2) is 0 Å². The minimum absolute atomic E-state index is 0.0498. The third-order valence-corrected chi connectivity index (χ3v) is 4.30. The quantitative estimate of drug-likeness (QED) is 0.739. The van der Waals surface area contributed by atoms with Crippen molar-refractivity contribution in [1.82, 2.24) is 25.5 Å². The SMILES string of the molecule is CN(C)c1ccc(-c2nnn(CC(=O)NCc3cccs3)n2)cc1. The van der Waals surface area contributed by atoms with E-state index in [1.165, 1.54) is 4.80 Å². The molecule has 24 heavy (non-hydrogen) atoms. The number of rotatable bonds is 6. The molecule has 2 aromatic heterocycles. The monoisotopic (exact) mass is 342 g/mol. The summed E-state index contributed by atoms with van der Waals surface area (Å²) in [6, 6.07) is 11.8. The minimum atomic E-state index is -0.143. The van der Waals surface area contributed by atoms with Crippen LogP contribution in [0.5, 0.6) is 0 Å². The van der Waals surface area contributed by atoms with E-state index < -0.39 is 0 Å². The number of benzene rings is 1. The standard InChI is InChI=1S/C16H18N6OS/c1-21(2)13-7-5-12(6-8-13)16-18-20-22(19-16)11-15(23)17-10-14-4-3-9-24-14/h3-9H,10-11H2,1-2H3,(H,17,23). The molecule has 0 radical (unpaired) electrons. The predicted molar refractivity (Wildman–Crippen MR) is 93.7 cm³/mol. The Hall–Kier alpha value is -2.74. The lowest BCUT2D eigenvalue weighted by atomic mass is 10.2. The Bertz CT molecular complexity index is 794. The third kappa shape index (κ3) is 3.96. The van der Waals surface area contributed by atoms with Crippen LogP contribution in [0, 0.1) is 0 Å². The molecule has 2 heterocycles. The number of carbonyl (C=O) groups is 1. The van der Waals surface area contributed by atoms with Crippen molar-refractivity contribution in [3.63, 3.8) is 0 Å². The number of nitrogens with zero attached hydrogens (tertiary/aromatic N) is 5. The lowest BCUT2D eigenvalue weighted by Gasteiger charge is -2.11. The number of anilines is 1. The number of thiophene rings is 1. The zero-order chi connectivity index (χ0) is 16.9. The first-order valence-corrected chi connectivity index (χ1v) is 8.34. The van der Waals surface area contributed by atoms with Crippen LogP contribution in [0.4, 0.5) is 5.69 Å². The second kappa shape index (κ2) is 7.22. The fourth-order valence-electron chi connectivity index (χ4n) is 2.12. The summed E-state index contributed by atoms with van der Waals surface area (Å²) in [6.07, 6.45) is 0. The Kier molecular flexibility index (Phi) is 4.85. The van der Waals surface area contributed by atoms with Crippen molar-refractivity contribution >= 4 is 22.9 Å². The molecule has 0 atom stereocenters. The third-order valence-electron chi connectivity index (χ3n) is 3.42. The lowest BCUT2D eigenvalue weighted by molar-refractivity contribution is -0.122. The van der Waals surface area contributed by atoms with Crippen LogP contribution >= 0.6 is 11.3 Å². The highest BCUT2D eigenvalue weighted by molar-refractivity contribution is 7.09. The van der Waals surface area contributed by atoms with Crippen LogP contribution in [-0.4, -0.2) is 40.2 Å². The largest absolute Gasteiger partial charge is 0.378 e. The number of carbonyl (C=O) groups excluding carboxylic acids is 1. The van der Waals surface area contributed by atoms with Gasteiger partial charge in [0.2, 0.25) is 11.7 Å². The molecule has 7 nitrogen and oxygen atoms in total. The van der Waals surface area contributed by atoms with Crippen molar-refractivity contribution in [2.45, 2.75) is 13.1 Å². The van der Waals surface area contributed by atoms with Crippen LogP contribution < -0.4 is 10.2 Å². The molecule has 0 aliphatic heterocycles. The molecule has 3 rings (SSSR count). The van der Waals surface area contributed by atoms with Crippen LogP contribution in [0.1, 0.15) is 4.88 Å². The van der Waals surface area contributed by atoms with Crippen molar-refractivity contribution in [3.05, 3.63) is 46.7 Å². The molecule has 0 saturated heterocycles. The van der Waals surface area contributed by atoms with Crippen LogP contribution in [-0.2, 0) is 17.9 Å². The second-order valence-corrected chi connectivity index (χ2v) is 6.47. The normalized spacial score (nSPS) is 10.6. The van der Waals surface area contributed by atoms with E-state index >= 15 is 0 Å². The molecule has 8 heteroatoms. The molecule has 3 aromatic rings. The maximum atomic E-state index is 11.9. The number of amides is 1. The van der Waals surface area contributed by atoms with Gasteiger partial charge in [0.25, 0.3) is 0 Å². The number of nitrogens with one attached hydrogen (secondary N) is 1. The molecule has 1 N–H and O–H groups in total. The summed E-state index contributed by atoms with van der Waals surface area (Å²) in [7, 11) is 3.97. The Morgan fingerprint density at radius 2 is 2.04 bits per heavy atom. The highest BCUT2D eigenvalue weighted by Crippen LogP contribution is 2.18. The molecular weight excluding hydrogens is 324 g/mol. The topological polar surface area (TPSA) is 75.9 Å². The summed E-state index contributed by atoms with van der Waals surface area (Å²) in [5.41, 5.74) is 1.96. The van der Waals surface area contributed by atoms with Gasteiger partial charge in [-0.25, -0.2) is 0 Å². The van der Waals surface area contributed by atoms with E-state index in [0.29, 0.717) is 12.4 Å². The Labute approximate surface area is 143 Å².